The van der Waals surface area contributed by atoms with Crippen LogP contribution in [0.15, 0.2) is 36.5 Å². The molecule has 0 saturated carbocycles. The number of benzene rings is 1. The molecule has 1 fully saturated rings. The first-order chi connectivity index (χ1) is 13.0. The Balaban J connectivity index is 1.78. The lowest BCUT2D eigenvalue weighted by atomic mass is 9.99. The Labute approximate surface area is 160 Å². The summed E-state index contributed by atoms with van der Waals surface area (Å²) in [6.07, 6.45) is 5.70. The number of piperidine rings is 1. The zero-order valence-corrected chi connectivity index (χ0v) is 16.3. The number of pyridine rings is 1. The highest BCUT2D eigenvalue weighted by Crippen LogP contribution is 2.22. The van der Waals surface area contributed by atoms with Gasteiger partial charge in [0, 0.05) is 30.0 Å². The van der Waals surface area contributed by atoms with Crippen LogP contribution in [0.3, 0.4) is 0 Å². The smallest absolute Gasteiger partial charge is 0.272 e. The molecule has 1 N–H and O–H groups in total. The molecule has 27 heavy (non-hydrogen) atoms. The maximum Gasteiger partial charge on any atom is 0.272 e. The highest BCUT2D eigenvalue weighted by molar-refractivity contribution is 6.05. The molecular formula is C22H27N3O2. The van der Waals surface area contributed by atoms with Gasteiger partial charge >= 0.3 is 0 Å². The lowest BCUT2D eigenvalue weighted by molar-refractivity contribution is 0.0602. The number of nitrogens with zero attached hydrogens (tertiary/aromatic N) is 2. The van der Waals surface area contributed by atoms with Crippen LogP contribution in [0.25, 0.3) is 0 Å². The summed E-state index contributed by atoms with van der Waals surface area (Å²) in [5, 5.41) is 2.91. The summed E-state index contributed by atoms with van der Waals surface area (Å²) < 4.78 is 0. The number of amides is 2. The summed E-state index contributed by atoms with van der Waals surface area (Å²) in [6, 6.07) is 9.42. The maximum absolute atomic E-state index is 12.9. The summed E-state index contributed by atoms with van der Waals surface area (Å²) in [7, 11) is 0. The largest absolute Gasteiger partial charge is 0.334 e. The standard InChI is InChI=1S/C22H27N3O2/c1-4-19-7-5-6-10-25(19)22(27)20-14-17(8-9-23-20)21(26)24-18-12-15(2)11-16(3)13-18/h8-9,11-14,19H,4-7,10H2,1-3H3,(H,24,26). The van der Waals surface area contributed by atoms with Crippen LogP contribution in [-0.4, -0.2) is 34.3 Å². The molecule has 0 aliphatic carbocycles. The Bertz CT molecular complexity index is 827. The number of carbonyl (C=O) groups excluding carboxylic acids is 2. The quantitative estimate of drug-likeness (QED) is 0.876. The predicted octanol–water partition coefficient (Wildman–Crippen LogP) is 4.36. The zero-order chi connectivity index (χ0) is 19.4. The van der Waals surface area contributed by atoms with Crippen molar-refractivity contribution in [1.29, 1.82) is 0 Å². The van der Waals surface area contributed by atoms with Gasteiger partial charge in [-0.2, -0.15) is 0 Å². The zero-order valence-electron chi connectivity index (χ0n) is 16.3. The number of hydrogen-bond acceptors (Lipinski definition) is 3. The Morgan fingerprint density at radius 1 is 1.15 bits per heavy atom. The molecule has 2 aromatic rings. The van der Waals surface area contributed by atoms with Crippen LogP contribution in [0, 0.1) is 13.8 Å². The van der Waals surface area contributed by atoms with Gasteiger partial charge in [0.25, 0.3) is 11.8 Å². The van der Waals surface area contributed by atoms with E-state index < -0.39 is 0 Å². The van der Waals surface area contributed by atoms with E-state index >= 15 is 0 Å². The average Bonchev–Trinajstić information content (AvgIpc) is 2.66. The second-order valence-electron chi connectivity index (χ2n) is 7.32. The molecule has 1 aromatic carbocycles. The van der Waals surface area contributed by atoms with Crippen LogP contribution in [0.5, 0.6) is 0 Å². The second kappa shape index (κ2) is 8.33. The van der Waals surface area contributed by atoms with Crippen molar-refractivity contribution in [2.24, 2.45) is 0 Å². The van der Waals surface area contributed by atoms with Crippen molar-refractivity contribution in [3.8, 4) is 0 Å². The van der Waals surface area contributed by atoms with Crippen molar-refractivity contribution in [3.63, 3.8) is 0 Å². The molecule has 1 aliphatic heterocycles. The van der Waals surface area contributed by atoms with E-state index in [-0.39, 0.29) is 17.9 Å². The molecule has 2 heterocycles. The number of aromatic nitrogens is 1. The van der Waals surface area contributed by atoms with Crippen molar-refractivity contribution in [2.75, 3.05) is 11.9 Å². The first-order valence-electron chi connectivity index (χ1n) is 9.64. The summed E-state index contributed by atoms with van der Waals surface area (Å²) in [5.74, 6) is -0.315. The fraction of sp³-hybridized carbons (Fsp3) is 0.409. The van der Waals surface area contributed by atoms with Gasteiger partial charge in [-0.1, -0.05) is 13.0 Å². The van der Waals surface area contributed by atoms with Gasteiger partial charge in [0.2, 0.25) is 0 Å². The molecule has 3 rings (SSSR count). The third-order valence-electron chi connectivity index (χ3n) is 5.08. The van der Waals surface area contributed by atoms with Gasteiger partial charge in [0.1, 0.15) is 5.69 Å². The van der Waals surface area contributed by atoms with Gasteiger partial charge in [0.05, 0.1) is 0 Å². The Morgan fingerprint density at radius 2 is 1.89 bits per heavy atom. The van der Waals surface area contributed by atoms with E-state index in [1.807, 2.05) is 30.9 Å². The number of anilines is 1. The van der Waals surface area contributed by atoms with Crippen LogP contribution in [0.2, 0.25) is 0 Å². The monoisotopic (exact) mass is 365 g/mol. The molecule has 2 amide bonds. The minimum atomic E-state index is -0.234. The van der Waals surface area contributed by atoms with E-state index in [0.717, 1.165) is 49.0 Å². The maximum atomic E-state index is 12.9. The summed E-state index contributed by atoms with van der Waals surface area (Å²) in [5.41, 5.74) is 3.71. The SMILES string of the molecule is CCC1CCCCN1C(=O)c1cc(C(=O)Nc2cc(C)cc(C)c2)ccn1. The Hall–Kier alpha value is -2.69. The number of rotatable bonds is 4. The first-order valence-corrected chi connectivity index (χ1v) is 9.64. The van der Waals surface area contributed by atoms with Gasteiger partial charge in [-0.3, -0.25) is 14.6 Å². The molecule has 0 bridgehead atoms. The topological polar surface area (TPSA) is 62.3 Å². The normalized spacial score (nSPS) is 16.9. The molecular weight excluding hydrogens is 338 g/mol. The van der Waals surface area contributed by atoms with Gasteiger partial charge in [-0.05, 0) is 74.9 Å². The molecule has 5 heteroatoms. The minimum absolute atomic E-state index is 0.0809. The number of likely N-dealkylation sites (tertiary alicyclic amines) is 1. The van der Waals surface area contributed by atoms with Crippen molar-refractivity contribution >= 4 is 17.5 Å². The van der Waals surface area contributed by atoms with Gasteiger partial charge in [-0.25, -0.2) is 0 Å². The average molecular weight is 365 g/mol. The third kappa shape index (κ3) is 4.54. The minimum Gasteiger partial charge on any atom is -0.334 e. The lowest BCUT2D eigenvalue weighted by Gasteiger charge is -2.35. The summed E-state index contributed by atoms with van der Waals surface area (Å²) >= 11 is 0. The van der Waals surface area contributed by atoms with E-state index in [4.69, 9.17) is 0 Å². The number of nitrogens with one attached hydrogen (secondary N) is 1. The van der Waals surface area contributed by atoms with Crippen LogP contribution < -0.4 is 5.32 Å². The molecule has 1 aliphatic rings. The molecule has 0 radical (unpaired) electrons. The molecule has 142 valence electrons. The van der Waals surface area contributed by atoms with Gasteiger partial charge in [-0.15, -0.1) is 0 Å². The molecule has 1 unspecified atom stereocenters. The fourth-order valence-corrected chi connectivity index (χ4v) is 3.78. The highest BCUT2D eigenvalue weighted by atomic mass is 16.2. The molecule has 1 saturated heterocycles. The van der Waals surface area contributed by atoms with Crippen molar-refractivity contribution in [3.05, 3.63) is 58.9 Å². The number of carbonyl (C=O) groups is 2. The van der Waals surface area contributed by atoms with E-state index in [2.05, 4.69) is 23.3 Å². The second-order valence-corrected chi connectivity index (χ2v) is 7.32. The Kier molecular flexibility index (Phi) is 5.89. The van der Waals surface area contributed by atoms with E-state index in [1.165, 1.54) is 6.20 Å². The Morgan fingerprint density at radius 3 is 2.59 bits per heavy atom. The van der Waals surface area contributed by atoms with Crippen molar-refractivity contribution in [1.82, 2.24) is 9.88 Å². The van der Waals surface area contributed by atoms with Crippen LogP contribution >= 0.6 is 0 Å². The third-order valence-corrected chi connectivity index (χ3v) is 5.08. The van der Waals surface area contributed by atoms with Gasteiger partial charge < -0.3 is 10.2 Å². The van der Waals surface area contributed by atoms with Gasteiger partial charge in [0.15, 0.2) is 0 Å². The molecule has 5 nitrogen and oxygen atoms in total. The van der Waals surface area contributed by atoms with E-state index in [9.17, 15) is 9.59 Å². The fourth-order valence-electron chi connectivity index (χ4n) is 3.78. The van der Waals surface area contributed by atoms with Crippen molar-refractivity contribution in [2.45, 2.75) is 52.5 Å². The van der Waals surface area contributed by atoms with Crippen molar-refractivity contribution < 1.29 is 9.59 Å². The lowest BCUT2D eigenvalue weighted by Crippen LogP contribution is -2.43. The first kappa shape index (κ1) is 19.1. The van der Waals surface area contributed by atoms with Crippen LogP contribution in [-0.2, 0) is 0 Å². The van der Waals surface area contributed by atoms with Crippen LogP contribution in [0.4, 0.5) is 5.69 Å². The summed E-state index contributed by atoms with van der Waals surface area (Å²) in [4.78, 5) is 31.7. The highest BCUT2D eigenvalue weighted by Gasteiger charge is 2.27. The molecule has 1 aromatic heterocycles. The van der Waals surface area contributed by atoms with E-state index in [0.29, 0.717) is 11.3 Å². The van der Waals surface area contributed by atoms with Crippen LogP contribution in [0.1, 0.15) is 64.6 Å². The predicted molar refractivity (Wildman–Crippen MR) is 107 cm³/mol. The molecule has 1 atom stereocenters. The van der Waals surface area contributed by atoms with E-state index in [1.54, 1.807) is 12.1 Å². The number of hydrogen-bond donors (Lipinski definition) is 1. The number of aryl methyl sites for hydroxylation is 2. The summed E-state index contributed by atoms with van der Waals surface area (Å²) in [6.45, 7) is 6.86. The molecule has 0 spiro atoms.